The van der Waals surface area contributed by atoms with Gasteiger partial charge in [-0.25, -0.2) is 8.42 Å². The first-order valence-corrected chi connectivity index (χ1v) is 12.1. The standard InChI is InChI=1S/C19H27Cl2N3O4S/c1-2-23-5-3-4-14(13-23)12-22-19(25)15-10-18(17(21)11-16(15)20)29(26,27)24-6-8-28-9-7-24/h10-11,14H,2-9,12-13H2,1H3,(H,22,25)/t14-/m0/s1. The second-order valence-corrected chi connectivity index (χ2v) is 10.1. The number of nitrogens with zero attached hydrogens (tertiary/aromatic N) is 2. The smallest absolute Gasteiger partial charge is 0.252 e. The second kappa shape index (κ2) is 9.94. The fourth-order valence-corrected chi connectivity index (χ4v) is 6.01. The summed E-state index contributed by atoms with van der Waals surface area (Å²) in [7, 11) is -3.84. The largest absolute Gasteiger partial charge is 0.379 e. The molecule has 1 N–H and O–H groups in total. The number of carbonyl (C=O) groups is 1. The molecular weight excluding hydrogens is 437 g/mol. The van der Waals surface area contributed by atoms with Crippen LogP contribution in [0.1, 0.15) is 30.1 Å². The maximum atomic E-state index is 13.0. The third-order valence-electron chi connectivity index (χ3n) is 5.46. The van der Waals surface area contributed by atoms with Crippen LogP contribution in [0.3, 0.4) is 0 Å². The van der Waals surface area contributed by atoms with Crippen molar-refractivity contribution in [2.45, 2.75) is 24.7 Å². The van der Waals surface area contributed by atoms with E-state index in [-0.39, 0.29) is 33.6 Å². The Hall–Kier alpha value is -0.900. The molecule has 0 aromatic heterocycles. The van der Waals surface area contributed by atoms with Gasteiger partial charge in [-0.15, -0.1) is 0 Å². The highest BCUT2D eigenvalue weighted by atomic mass is 35.5. The molecule has 1 atom stereocenters. The predicted molar refractivity (Wildman–Crippen MR) is 113 cm³/mol. The Bertz CT molecular complexity index is 844. The summed E-state index contributed by atoms with van der Waals surface area (Å²) in [4.78, 5) is 15.0. The number of benzene rings is 1. The van der Waals surface area contributed by atoms with Gasteiger partial charge in [0.05, 0.1) is 28.8 Å². The number of amides is 1. The van der Waals surface area contributed by atoms with E-state index in [0.717, 1.165) is 32.5 Å². The zero-order valence-electron chi connectivity index (χ0n) is 16.5. The van der Waals surface area contributed by atoms with Crippen LogP contribution in [0.25, 0.3) is 0 Å². The van der Waals surface area contributed by atoms with Crippen molar-refractivity contribution in [1.82, 2.24) is 14.5 Å². The summed E-state index contributed by atoms with van der Waals surface area (Å²) in [6.07, 6.45) is 2.17. The molecule has 0 aliphatic carbocycles. The van der Waals surface area contributed by atoms with Gasteiger partial charge in [-0.2, -0.15) is 4.31 Å². The second-order valence-electron chi connectivity index (χ2n) is 7.39. The predicted octanol–water partition coefficient (Wildman–Crippen LogP) is 2.48. The molecule has 3 rings (SSSR count). The zero-order valence-corrected chi connectivity index (χ0v) is 18.8. The number of nitrogens with one attached hydrogen (secondary N) is 1. The molecule has 0 unspecified atom stereocenters. The highest BCUT2D eigenvalue weighted by Gasteiger charge is 2.30. The summed E-state index contributed by atoms with van der Waals surface area (Å²) >= 11 is 12.4. The quantitative estimate of drug-likeness (QED) is 0.700. The number of piperidine rings is 1. The van der Waals surface area contributed by atoms with E-state index in [4.69, 9.17) is 27.9 Å². The summed E-state index contributed by atoms with van der Waals surface area (Å²) < 4.78 is 32.5. The Labute approximate surface area is 182 Å². The van der Waals surface area contributed by atoms with Crippen molar-refractivity contribution in [2.24, 2.45) is 5.92 Å². The molecule has 162 valence electrons. The summed E-state index contributed by atoms with van der Waals surface area (Å²) in [5.41, 5.74) is 0.117. The SMILES string of the molecule is CCN1CCC[C@@H](CNC(=O)c2cc(S(=O)(=O)N3CCOCC3)c(Cl)cc2Cl)C1. The van der Waals surface area contributed by atoms with Crippen LogP contribution in [0.4, 0.5) is 0 Å². The van der Waals surface area contributed by atoms with E-state index in [2.05, 4.69) is 17.1 Å². The monoisotopic (exact) mass is 463 g/mol. The van der Waals surface area contributed by atoms with Crippen LogP contribution in [-0.2, 0) is 14.8 Å². The maximum Gasteiger partial charge on any atom is 0.252 e. The molecule has 2 fully saturated rings. The summed E-state index contributed by atoms with van der Waals surface area (Å²) in [5.74, 6) is -0.0194. The number of sulfonamides is 1. The molecule has 2 aliphatic heterocycles. The lowest BCUT2D eigenvalue weighted by Crippen LogP contribution is -2.41. The van der Waals surface area contributed by atoms with Crippen molar-refractivity contribution in [1.29, 1.82) is 0 Å². The minimum absolute atomic E-state index is 0.00362. The van der Waals surface area contributed by atoms with Gasteiger partial charge in [0.15, 0.2) is 0 Å². The normalized spacial score (nSPS) is 21.8. The van der Waals surface area contributed by atoms with Crippen LogP contribution in [0, 0.1) is 5.92 Å². The van der Waals surface area contributed by atoms with E-state index in [1.165, 1.54) is 16.4 Å². The highest BCUT2D eigenvalue weighted by Crippen LogP contribution is 2.31. The van der Waals surface area contributed by atoms with Gasteiger partial charge >= 0.3 is 0 Å². The molecule has 0 radical (unpaired) electrons. The highest BCUT2D eigenvalue weighted by molar-refractivity contribution is 7.89. The van der Waals surface area contributed by atoms with Crippen LogP contribution in [0.2, 0.25) is 10.0 Å². The number of ether oxygens (including phenoxy) is 1. The maximum absolute atomic E-state index is 13.0. The number of hydrogen-bond donors (Lipinski definition) is 1. The lowest BCUT2D eigenvalue weighted by atomic mass is 9.98. The van der Waals surface area contributed by atoms with E-state index in [9.17, 15) is 13.2 Å². The van der Waals surface area contributed by atoms with Crippen LogP contribution >= 0.6 is 23.2 Å². The molecule has 1 aromatic rings. The average molecular weight is 464 g/mol. The fourth-order valence-electron chi connectivity index (χ4n) is 3.76. The lowest BCUT2D eigenvalue weighted by molar-refractivity contribution is 0.0730. The molecule has 0 spiro atoms. The molecule has 29 heavy (non-hydrogen) atoms. The third kappa shape index (κ3) is 5.42. The minimum atomic E-state index is -3.84. The van der Waals surface area contributed by atoms with Crippen molar-refractivity contribution in [3.8, 4) is 0 Å². The van der Waals surface area contributed by atoms with E-state index >= 15 is 0 Å². The third-order valence-corrected chi connectivity index (χ3v) is 8.13. The summed E-state index contributed by atoms with van der Waals surface area (Å²) in [6, 6.07) is 2.61. The molecule has 10 heteroatoms. The van der Waals surface area contributed by atoms with Gasteiger partial charge in [0, 0.05) is 26.2 Å². The minimum Gasteiger partial charge on any atom is -0.379 e. The fraction of sp³-hybridized carbons (Fsp3) is 0.632. The van der Waals surface area contributed by atoms with Gasteiger partial charge in [0.2, 0.25) is 10.0 Å². The molecule has 1 aromatic carbocycles. The zero-order chi connectivity index (χ0) is 21.0. The molecule has 2 saturated heterocycles. The van der Waals surface area contributed by atoms with Crippen LogP contribution in [0.15, 0.2) is 17.0 Å². The number of morpholine rings is 1. The van der Waals surface area contributed by atoms with Gasteiger partial charge in [-0.05, 0) is 44.0 Å². The van der Waals surface area contributed by atoms with Crippen LogP contribution in [0.5, 0.6) is 0 Å². The molecule has 0 bridgehead atoms. The van der Waals surface area contributed by atoms with Gasteiger partial charge in [0.1, 0.15) is 4.90 Å². The topological polar surface area (TPSA) is 79.0 Å². The molecule has 7 nitrogen and oxygen atoms in total. The van der Waals surface area contributed by atoms with Crippen molar-refractivity contribution in [3.63, 3.8) is 0 Å². The van der Waals surface area contributed by atoms with E-state index in [1.807, 2.05) is 0 Å². The number of halogens is 2. The van der Waals surface area contributed by atoms with E-state index in [0.29, 0.717) is 25.7 Å². The first kappa shape index (κ1) is 22.8. The van der Waals surface area contributed by atoms with Gasteiger partial charge in [-0.3, -0.25) is 4.79 Å². The first-order valence-electron chi connectivity index (χ1n) is 9.90. The van der Waals surface area contributed by atoms with Crippen LogP contribution in [-0.4, -0.2) is 76.0 Å². The average Bonchev–Trinajstić information content (AvgIpc) is 2.72. The number of hydrogen-bond acceptors (Lipinski definition) is 5. The Morgan fingerprint density at radius 1 is 1.21 bits per heavy atom. The van der Waals surface area contributed by atoms with E-state index in [1.54, 1.807) is 0 Å². The van der Waals surface area contributed by atoms with Crippen molar-refractivity contribution in [3.05, 3.63) is 27.7 Å². The van der Waals surface area contributed by atoms with Crippen molar-refractivity contribution >= 4 is 39.1 Å². The Morgan fingerprint density at radius 2 is 1.93 bits per heavy atom. The Balaban J connectivity index is 1.75. The molecule has 0 saturated carbocycles. The number of likely N-dealkylation sites (tertiary alicyclic amines) is 1. The van der Waals surface area contributed by atoms with Crippen molar-refractivity contribution < 1.29 is 17.9 Å². The summed E-state index contributed by atoms with van der Waals surface area (Å²) in [6.45, 7) is 6.84. The van der Waals surface area contributed by atoms with Gasteiger partial charge in [0.25, 0.3) is 5.91 Å². The molecule has 1 amide bonds. The first-order chi connectivity index (χ1) is 13.8. The van der Waals surface area contributed by atoms with Gasteiger partial charge < -0.3 is 15.0 Å². The Morgan fingerprint density at radius 3 is 2.62 bits per heavy atom. The molecule has 2 heterocycles. The lowest BCUT2D eigenvalue weighted by Gasteiger charge is -2.31. The van der Waals surface area contributed by atoms with E-state index < -0.39 is 15.9 Å². The number of carbonyl (C=O) groups excluding carboxylic acids is 1. The molecule has 2 aliphatic rings. The Kier molecular flexibility index (Phi) is 7.81. The van der Waals surface area contributed by atoms with Crippen molar-refractivity contribution in [2.75, 3.05) is 52.5 Å². The van der Waals surface area contributed by atoms with Gasteiger partial charge in [-0.1, -0.05) is 30.1 Å². The number of rotatable bonds is 6. The molecular formula is C19H27Cl2N3O4S. The summed E-state index contributed by atoms with van der Waals surface area (Å²) in [5, 5.41) is 3.05. The van der Waals surface area contributed by atoms with Crippen LogP contribution < -0.4 is 5.32 Å².